The Balaban J connectivity index is 2.20. The highest BCUT2D eigenvalue weighted by molar-refractivity contribution is 5.66. The van der Waals surface area contributed by atoms with Crippen LogP contribution >= 0.6 is 0 Å². The third-order valence-electron chi connectivity index (χ3n) is 1.85. The smallest absolute Gasteiger partial charge is 0.303 e. The third-order valence-corrected chi connectivity index (χ3v) is 1.85. The van der Waals surface area contributed by atoms with Crippen molar-refractivity contribution in [2.75, 3.05) is 0 Å². The fraction of sp³-hybridized carbons (Fsp3) is 0.625. The monoisotopic (exact) mass is 183 g/mol. The Morgan fingerprint density at radius 3 is 2.92 bits per heavy atom. The Hall–Kier alpha value is -1.39. The Bertz CT molecular complexity index is 283. The molecule has 0 aromatic carbocycles. The van der Waals surface area contributed by atoms with Gasteiger partial charge in [0, 0.05) is 19.9 Å². The Morgan fingerprint density at radius 2 is 2.38 bits per heavy atom. The molecule has 0 amide bonds. The first-order valence-corrected chi connectivity index (χ1v) is 4.25. The minimum atomic E-state index is -0.738. The molecule has 0 saturated carbocycles. The molecular weight excluding hydrogens is 170 g/mol. The molecule has 1 aromatic rings. The van der Waals surface area contributed by atoms with Crippen LogP contribution in [0.1, 0.15) is 25.1 Å². The van der Waals surface area contributed by atoms with Gasteiger partial charge in [0.1, 0.15) is 12.2 Å². The Labute approximate surface area is 76.4 Å². The molecule has 13 heavy (non-hydrogen) atoms. The van der Waals surface area contributed by atoms with Gasteiger partial charge < -0.3 is 5.11 Å². The van der Waals surface area contributed by atoms with Crippen molar-refractivity contribution in [3.8, 4) is 0 Å². The van der Waals surface area contributed by atoms with Crippen molar-refractivity contribution >= 4 is 5.97 Å². The fourth-order valence-corrected chi connectivity index (χ4v) is 1.11. The number of carboxylic acids is 1. The normalized spacial score (nSPS) is 10.2. The van der Waals surface area contributed by atoms with Gasteiger partial charge in [-0.3, -0.25) is 9.48 Å². The molecule has 1 aromatic heterocycles. The van der Waals surface area contributed by atoms with E-state index in [-0.39, 0.29) is 6.42 Å². The predicted molar refractivity (Wildman–Crippen MR) is 46.2 cm³/mol. The first-order valence-electron chi connectivity index (χ1n) is 4.25. The summed E-state index contributed by atoms with van der Waals surface area (Å²) in [6, 6.07) is 0. The van der Waals surface area contributed by atoms with Gasteiger partial charge in [0.15, 0.2) is 0 Å². The molecule has 0 aliphatic carbocycles. The van der Waals surface area contributed by atoms with Crippen LogP contribution in [0, 0.1) is 0 Å². The molecule has 0 aliphatic rings. The second-order valence-corrected chi connectivity index (χ2v) is 2.90. The van der Waals surface area contributed by atoms with Crippen LogP contribution in [0.2, 0.25) is 0 Å². The summed E-state index contributed by atoms with van der Waals surface area (Å²) in [7, 11) is 1.83. The summed E-state index contributed by atoms with van der Waals surface area (Å²) in [6.07, 6.45) is 4.08. The number of aliphatic carboxylic acids is 1. The lowest BCUT2D eigenvalue weighted by Gasteiger charge is -1.98. The quantitative estimate of drug-likeness (QED) is 0.679. The first kappa shape index (κ1) is 9.70. The number of carbonyl (C=O) groups is 1. The topological polar surface area (TPSA) is 68.0 Å². The maximum Gasteiger partial charge on any atom is 0.303 e. The lowest BCUT2D eigenvalue weighted by molar-refractivity contribution is -0.137. The number of aromatic nitrogens is 3. The zero-order valence-corrected chi connectivity index (χ0v) is 7.60. The predicted octanol–water partition coefficient (Wildman–Crippen LogP) is 0.613. The highest BCUT2D eigenvalue weighted by Crippen LogP contribution is 2.02. The van der Waals surface area contributed by atoms with Gasteiger partial charge >= 0.3 is 5.97 Å². The van der Waals surface area contributed by atoms with Crippen LogP contribution in [0.15, 0.2) is 6.33 Å². The summed E-state index contributed by atoms with van der Waals surface area (Å²) in [5.74, 6) is 0.170. The van der Waals surface area contributed by atoms with E-state index in [0.29, 0.717) is 6.42 Å². The van der Waals surface area contributed by atoms with E-state index in [0.717, 1.165) is 18.7 Å². The van der Waals surface area contributed by atoms with Crippen molar-refractivity contribution in [2.45, 2.75) is 25.7 Å². The lowest BCUT2D eigenvalue weighted by Crippen LogP contribution is -2.00. The maximum atomic E-state index is 10.2. The maximum absolute atomic E-state index is 10.2. The molecule has 72 valence electrons. The van der Waals surface area contributed by atoms with Crippen LogP contribution in [0.3, 0.4) is 0 Å². The van der Waals surface area contributed by atoms with Crippen LogP contribution < -0.4 is 0 Å². The van der Waals surface area contributed by atoms with Gasteiger partial charge in [-0.1, -0.05) is 0 Å². The zero-order chi connectivity index (χ0) is 9.68. The molecule has 5 nitrogen and oxygen atoms in total. The summed E-state index contributed by atoms with van der Waals surface area (Å²) < 4.78 is 1.71. The molecule has 0 atom stereocenters. The van der Waals surface area contributed by atoms with Crippen LogP contribution in [-0.2, 0) is 18.3 Å². The van der Waals surface area contributed by atoms with Crippen LogP contribution in [0.4, 0.5) is 0 Å². The van der Waals surface area contributed by atoms with E-state index < -0.39 is 5.97 Å². The van der Waals surface area contributed by atoms with Crippen molar-refractivity contribution < 1.29 is 9.90 Å². The van der Waals surface area contributed by atoms with E-state index in [1.807, 2.05) is 7.05 Å². The molecule has 0 bridgehead atoms. The Morgan fingerprint density at radius 1 is 1.62 bits per heavy atom. The molecule has 0 spiro atoms. The van der Waals surface area contributed by atoms with Crippen molar-refractivity contribution in [3.05, 3.63) is 12.2 Å². The lowest BCUT2D eigenvalue weighted by atomic mass is 10.2. The van der Waals surface area contributed by atoms with Gasteiger partial charge in [0.25, 0.3) is 0 Å². The number of carboxylic acid groups (broad SMARTS) is 1. The Kier molecular flexibility index (Phi) is 3.42. The largest absolute Gasteiger partial charge is 0.481 e. The molecule has 1 heterocycles. The van der Waals surface area contributed by atoms with Gasteiger partial charge in [-0.25, -0.2) is 4.98 Å². The number of nitrogens with zero attached hydrogens (tertiary/aromatic N) is 3. The standard InChI is InChI=1S/C8H13N3O2/c1-11-7(9-6-10-11)4-2-3-5-8(12)13/h6H,2-5H2,1H3,(H,12,13). The first-order chi connectivity index (χ1) is 6.20. The summed E-state index contributed by atoms with van der Waals surface area (Å²) >= 11 is 0. The molecule has 0 unspecified atom stereocenters. The number of hydrogen-bond donors (Lipinski definition) is 1. The average Bonchev–Trinajstić information content (AvgIpc) is 2.45. The zero-order valence-electron chi connectivity index (χ0n) is 7.60. The summed E-state index contributed by atoms with van der Waals surface area (Å²) in [4.78, 5) is 14.2. The van der Waals surface area contributed by atoms with Crippen molar-refractivity contribution in [1.29, 1.82) is 0 Å². The summed E-state index contributed by atoms with van der Waals surface area (Å²) in [5, 5.41) is 12.3. The number of aryl methyl sites for hydroxylation is 2. The molecule has 0 aliphatic heterocycles. The van der Waals surface area contributed by atoms with Crippen molar-refractivity contribution in [2.24, 2.45) is 7.05 Å². The number of hydrogen-bond acceptors (Lipinski definition) is 3. The van der Waals surface area contributed by atoms with Crippen molar-refractivity contribution in [3.63, 3.8) is 0 Å². The summed E-state index contributed by atoms with van der Waals surface area (Å²) in [5.41, 5.74) is 0. The number of unbranched alkanes of at least 4 members (excludes halogenated alkanes) is 1. The highest BCUT2D eigenvalue weighted by Gasteiger charge is 2.01. The van der Waals surface area contributed by atoms with Gasteiger partial charge in [-0.2, -0.15) is 5.10 Å². The number of rotatable bonds is 5. The highest BCUT2D eigenvalue weighted by atomic mass is 16.4. The van der Waals surface area contributed by atoms with Gasteiger partial charge in [-0.05, 0) is 12.8 Å². The molecule has 1 rings (SSSR count). The minimum absolute atomic E-state index is 0.234. The molecule has 1 N–H and O–H groups in total. The fourth-order valence-electron chi connectivity index (χ4n) is 1.11. The van der Waals surface area contributed by atoms with Crippen LogP contribution in [0.25, 0.3) is 0 Å². The van der Waals surface area contributed by atoms with E-state index in [1.165, 1.54) is 6.33 Å². The van der Waals surface area contributed by atoms with Crippen LogP contribution in [-0.4, -0.2) is 25.8 Å². The van der Waals surface area contributed by atoms with Crippen LogP contribution in [0.5, 0.6) is 0 Å². The van der Waals surface area contributed by atoms with Crippen molar-refractivity contribution in [1.82, 2.24) is 14.8 Å². The molecule has 0 fully saturated rings. The second-order valence-electron chi connectivity index (χ2n) is 2.90. The second kappa shape index (κ2) is 4.59. The van der Waals surface area contributed by atoms with E-state index in [9.17, 15) is 4.79 Å². The van der Waals surface area contributed by atoms with E-state index >= 15 is 0 Å². The van der Waals surface area contributed by atoms with E-state index in [1.54, 1.807) is 4.68 Å². The molecular formula is C8H13N3O2. The van der Waals surface area contributed by atoms with Gasteiger partial charge in [-0.15, -0.1) is 0 Å². The van der Waals surface area contributed by atoms with Gasteiger partial charge in [0.2, 0.25) is 0 Å². The van der Waals surface area contributed by atoms with E-state index in [2.05, 4.69) is 10.1 Å². The average molecular weight is 183 g/mol. The summed E-state index contributed by atoms with van der Waals surface area (Å²) in [6.45, 7) is 0. The molecule has 0 radical (unpaired) electrons. The molecule has 0 saturated heterocycles. The minimum Gasteiger partial charge on any atom is -0.481 e. The van der Waals surface area contributed by atoms with E-state index in [4.69, 9.17) is 5.11 Å². The van der Waals surface area contributed by atoms with Gasteiger partial charge in [0.05, 0.1) is 0 Å². The molecule has 5 heteroatoms. The SMILES string of the molecule is Cn1ncnc1CCCCC(=O)O. The third kappa shape index (κ3) is 3.23.